The number of nitrogens with zero attached hydrogens (tertiary/aromatic N) is 1. The van der Waals surface area contributed by atoms with E-state index < -0.39 is 25.5 Å². The van der Waals surface area contributed by atoms with E-state index >= 15 is 0 Å². The fourth-order valence-corrected chi connectivity index (χ4v) is 3.95. The molecule has 1 amide bonds. The van der Waals surface area contributed by atoms with Crippen LogP contribution in [0.25, 0.3) is 0 Å². The molecule has 1 atom stereocenters. The molecule has 0 aromatic rings. The Morgan fingerprint density at radius 3 is 2.33 bits per heavy atom. The van der Waals surface area contributed by atoms with Gasteiger partial charge < -0.3 is 18.7 Å². The molecule has 1 rings (SSSR count). The first-order chi connectivity index (χ1) is 9.97. The summed E-state index contributed by atoms with van der Waals surface area (Å²) in [6, 6.07) is -0.604. The lowest BCUT2D eigenvalue weighted by Crippen LogP contribution is -2.49. The maximum Gasteiger partial charge on any atom is 0.340 e. The van der Waals surface area contributed by atoms with Gasteiger partial charge in [-0.05, 0) is 33.1 Å². The standard InChI is InChI=1S/C13H24NO6P/c1-4-19-21(17,20-5-2)10-12(15)14-9-7-6-8-11(14)13(16)18-3/h11H,4-10H2,1-3H3/t11-/m1/s1. The van der Waals surface area contributed by atoms with E-state index in [0.29, 0.717) is 13.0 Å². The third kappa shape index (κ3) is 5.09. The highest BCUT2D eigenvalue weighted by molar-refractivity contribution is 7.54. The minimum absolute atomic E-state index is 0.199. The molecule has 1 saturated heterocycles. The lowest BCUT2D eigenvalue weighted by Gasteiger charge is -2.34. The van der Waals surface area contributed by atoms with E-state index in [9.17, 15) is 14.2 Å². The first kappa shape index (κ1) is 18.1. The molecular weight excluding hydrogens is 297 g/mol. The summed E-state index contributed by atoms with van der Waals surface area (Å²) in [4.78, 5) is 25.6. The molecule has 1 heterocycles. The SMILES string of the molecule is CCOP(=O)(CC(=O)N1CCCC[C@@H]1C(=O)OC)OCC. The molecule has 0 N–H and O–H groups in total. The van der Waals surface area contributed by atoms with Crippen molar-refractivity contribution >= 4 is 19.5 Å². The molecule has 0 unspecified atom stereocenters. The second kappa shape index (κ2) is 8.51. The highest BCUT2D eigenvalue weighted by atomic mass is 31.2. The van der Waals surface area contributed by atoms with Gasteiger partial charge in [-0.3, -0.25) is 9.36 Å². The average Bonchev–Trinajstić information content (AvgIpc) is 2.46. The average molecular weight is 321 g/mol. The van der Waals surface area contributed by atoms with Crippen LogP contribution in [0.1, 0.15) is 33.1 Å². The molecular formula is C13H24NO6P. The third-order valence-corrected chi connectivity index (χ3v) is 5.24. The number of hydrogen-bond acceptors (Lipinski definition) is 6. The Hall–Kier alpha value is -0.910. The molecule has 0 aromatic heterocycles. The van der Waals surface area contributed by atoms with E-state index in [1.165, 1.54) is 12.0 Å². The number of hydrogen-bond donors (Lipinski definition) is 0. The quantitative estimate of drug-likeness (QED) is 0.525. The molecule has 1 aliphatic rings. The molecule has 8 heteroatoms. The van der Waals surface area contributed by atoms with Crippen molar-refractivity contribution in [1.82, 2.24) is 4.90 Å². The third-order valence-electron chi connectivity index (χ3n) is 3.28. The normalized spacial score (nSPS) is 19.4. The van der Waals surface area contributed by atoms with Gasteiger partial charge in [0.2, 0.25) is 5.91 Å². The number of piperidine rings is 1. The Morgan fingerprint density at radius 2 is 1.81 bits per heavy atom. The summed E-state index contributed by atoms with van der Waals surface area (Å²) >= 11 is 0. The van der Waals surface area contributed by atoms with Gasteiger partial charge in [0.15, 0.2) is 0 Å². The number of ether oxygens (including phenoxy) is 1. The molecule has 0 radical (unpaired) electrons. The summed E-state index contributed by atoms with van der Waals surface area (Å²) in [5, 5.41) is 0. The minimum atomic E-state index is -3.45. The van der Waals surface area contributed by atoms with Crippen molar-refractivity contribution in [1.29, 1.82) is 0 Å². The smallest absolute Gasteiger partial charge is 0.340 e. The zero-order chi connectivity index (χ0) is 15.9. The van der Waals surface area contributed by atoms with Crippen molar-refractivity contribution in [3.63, 3.8) is 0 Å². The summed E-state index contributed by atoms with van der Waals surface area (Å²) in [6.07, 6.45) is 1.89. The Bertz CT molecular complexity index is 403. The van der Waals surface area contributed by atoms with Crippen LogP contribution in [0, 0.1) is 0 Å². The number of amides is 1. The highest BCUT2D eigenvalue weighted by Gasteiger charge is 2.37. The Balaban J connectivity index is 2.79. The Kier molecular flexibility index (Phi) is 7.35. The number of carbonyl (C=O) groups excluding carboxylic acids is 2. The number of esters is 1. The van der Waals surface area contributed by atoms with Gasteiger partial charge in [-0.25, -0.2) is 4.79 Å². The van der Waals surface area contributed by atoms with Crippen LogP contribution in [-0.4, -0.2) is 55.8 Å². The summed E-state index contributed by atoms with van der Waals surface area (Å²) in [6.45, 7) is 4.23. The van der Waals surface area contributed by atoms with Crippen LogP contribution in [-0.2, 0) is 27.9 Å². The van der Waals surface area contributed by atoms with E-state index in [-0.39, 0.29) is 19.4 Å². The van der Waals surface area contributed by atoms with Crippen molar-refractivity contribution < 1.29 is 27.9 Å². The fraction of sp³-hybridized carbons (Fsp3) is 0.846. The number of methoxy groups -OCH3 is 1. The van der Waals surface area contributed by atoms with Gasteiger partial charge in [0.25, 0.3) is 0 Å². The lowest BCUT2D eigenvalue weighted by molar-refractivity contribution is -0.153. The van der Waals surface area contributed by atoms with Crippen molar-refractivity contribution in [2.24, 2.45) is 0 Å². The largest absolute Gasteiger partial charge is 0.467 e. The van der Waals surface area contributed by atoms with Crippen molar-refractivity contribution in [2.45, 2.75) is 39.2 Å². The second-order valence-corrected chi connectivity index (χ2v) is 6.78. The minimum Gasteiger partial charge on any atom is -0.467 e. The zero-order valence-electron chi connectivity index (χ0n) is 12.9. The monoisotopic (exact) mass is 321 g/mol. The topological polar surface area (TPSA) is 82.1 Å². The molecule has 1 aliphatic heterocycles. The van der Waals surface area contributed by atoms with Crippen LogP contribution in [0.4, 0.5) is 0 Å². The molecule has 0 aromatic carbocycles. The first-order valence-corrected chi connectivity index (χ1v) is 8.95. The van der Waals surface area contributed by atoms with E-state index in [2.05, 4.69) is 0 Å². The lowest BCUT2D eigenvalue weighted by atomic mass is 10.0. The van der Waals surface area contributed by atoms with Gasteiger partial charge in [0.1, 0.15) is 12.2 Å². The second-order valence-electron chi connectivity index (χ2n) is 4.73. The number of rotatable bonds is 7. The maximum absolute atomic E-state index is 12.4. The Labute approximate surface area is 125 Å². The van der Waals surface area contributed by atoms with Crippen molar-refractivity contribution in [3.8, 4) is 0 Å². The maximum atomic E-state index is 12.4. The number of carbonyl (C=O) groups is 2. The first-order valence-electron chi connectivity index (χ1n) is 7.22. The van der Waals surface area contributed by atoms with Crippen molar-refractivity contribution in [2.75, 3.05) is 33.0 Å². The molecule has 0 spiro atoms. The van der Waals surface area contributed by atoms with E-state index in [4.69, 9.17) is 13.8 Å². The summed E-state index contributed by atoms with van der Waals surface area (Å²) in [5.41, 5.74) is 0. The van der Waals surface area contributed by atoms with Gasteiger partial charge in [-0.2, -0.15) is 0 Å². The van der Waals surface area contributed by atoms with Gasteiger partial charge in [-0.1, -0.05) is 0 Å². The number of likely N-dealkylation sites (tertiary alicyclic amines) is 1. The highest BCUT2D eigenvalue weighted by Crippen LogP contribution is 2.48. The van der Waals surface area contributed by atoms with E-state index in [1.807, 2.05) is 0 Å². The van der Waals surface area contributed by atoms with Crippen LogP contribution in [0.5, 0.6) is 0 Å². The molecule has 1 fully saturated rings. The molecule has 0 bridgehead atoms. The molecule has 7 nitrogen and oxygen atoms in total. The van der Waals surface area contributed by atoms with Gasteiger partial charge in [0, 0.05) is 6.54 Å². The van der Waals surface area contributed by atoms with Gasteiger partial charge in [0.05, 0.1) is 20.3 Å². The molecule has 122 valence electrons. The molecule has 0 aliphatic carbocycles. The van der Waals surface area contributed by atoms with E-state index in [0.717, 1.165) is 12.8 Å². The molecule has 0 saturated carbocycles. The predicted molar refractivity (Wildman–Crippen MR) is 77.1 cm³/mol. The zero-order valence-corrected chi connectivity index (χ0v) is 13.8. The summed E-state index contributed by atoms with van der Waals surface area (Å²) in [7, 11) is -2.15. The van der Waals surface area contributed by atoms with Crippen LogP contribution >= 0.6 is 7.60 Å². The van der Waals surface area contributed by atoms with Gasteiger partial charge in [-0.15, -0.1) is 0 Å². The predicted octanol–water partition coefficient (Wildman–Crippen LogP) is 1.81. The van der Waals surface area contributed by atoms with Crippen LogP contribution in [0.15, 0.2) is 0 Å². The fourth-order valence-electron chi connectivity index (χ4n) is 2.39. The van der Waals surface area contributed by atoms with Crippen molar-refractivity contribution in [3.05, 3.63) is 0 Å². The summed E-state index contributed by atoms with van der Waals surface area (Å²) < 4.78 is 27.4. The van der Waals surface area contributed by atoms with Crippen LogP contribution < -0.4 is 0 Å². The molecule has 21 heavy (non-hydrogen) atoms. The van der Waals surface area contributed by atoms with Gasteiger partial charge >= 0.3 is 13.6 Å². The summed E-state index contributed by atoms with van der Waals surface area (Å²) in [5.74, 6) is -0.832. The van der Waals surface area contributed by atoms with Crippen LogP contribution in [0.3, 0.4) is 0 Å². The Morgan fingerprint density at radius 1 is 1.19 bits per heavy atom. The van der Waals surface area contributed by atoms with Crippen LogP contribution in [0.2, 0.25) is 0 Å². The van der Waals surface area contributed by atoms with E-state index in [1.54, 1.807) is 13.8 Å².